The van der Waals surface area contributed by atoms with Crippen molar-refractivity contribution < 1.29 is 13.9 Å². The molecule has 7 nitrogen and oxygen atoms in total. The predicted octanol–water partition coefficient (Wildman–Crippen LogP) is 1.87. The molecule has 0 bridgehead atoms. The normalized spacial score (nSPS) is 21.2. The van der Waals surface area contributed by atoms with Crippen molar-refractivity contribution >= 4 is 5.91 Å². The number of hydrogen-bond acceptors (Lipinski definition) is 6. The molecule has 0 radical (unpaired) electrons. The van der Waals surface area contributed by atoms with Crippen molar-refractivity contribution in [2.75, 3.05) is 39.9 Å². The molecule has 2 aliphatic heterocycles. The van der Waals surface area contributed by atoms with Gasteiger partial charge in [0.05, 0.1) is 6.54 Å². The first-order valence-corrected chi connectivity index (χ1v) is 9.44. The van der Waals surface area contributed by atoms with Gasteiger partial charge in [-0.15, -0.1) is 10.2 Å². The van der Waals surface area contributed by atoms with E-state index < -0.39 is 0 Å². The quantitative estimate of drug-likeness (QED) is 0.699. The van der Waals surface area contributed by atoms with Gasteiger partial charge in [0.1, 0.15) is 0 Å². The highest BCUT2D eigenvalue weighted by Crippen LogP contribution is 2.40. The number of amides is 1. The Morgan fingerprint density at radius 1 is 1.20 bits per heavy atom. The molecule has 2 fully saturated rings. The highest BCUT2D eigenvalue weighted by atomic mass is 16.5. The Morgan fingerprint density at radius 3 is 2.64 bits per heavy atom. The molecular weight excluding hydrogens is 320 g/mol. The molecule has 3 heterocycles. The van der Waals surface area contributed by atoms with Crippen LogP contribution in [0.15, 0.2) is 4.42 Å². The van der Waals surface area contributed by atoms with E-state index in [1.807, 2.05) is 6.92 Å². The summed E-state index contributed by atoms with van der Waals surface area (Å²) in [7, 11) is 1.71. The summed E-state index contributed by atoms with van der Waals surface area (Å²) in [6.07, 6.45) is 5.69. The van der Waals surface area contributed by atoms with Crippen molar-refractivity contribution in [3.05, 3.63) is 11.8 Å². The van der Waals surface area contributed by atoms with Crippen LogP contribution in [0.5, 0.6) is 0 Å². The van der Waals surface area contributed by atoms with Crippen molar-refractivity contribution in [3.63, 3.8) is 0 Å². The lowest BCUT2D eigenvalue weighted by atomic mass is 9.72. The third-order valence-corrected chi connectivity index (χ3v) is 5.61. The number of carbonyl (C=O) groups is 1. The fourth-order valence-electron chi connectivity index (χ4n) is 3.99. The van der Waals surface area contributed by atoms with Gasteiger partial charge in [-0.1, -0.05) is 6.92 Å². The first kappa shape index (κ1) is 18.3. The zero-order valence-electron chi connectivity index (χ0n) is 15.5. The van der Waals surface area contributed by atoms with Gasteiger partial charge in [0, 0.05) is 39.6 Å². The lowest BCUT2D eigenvalue weighted by Crippen LogP contribution is -2.51. The Morgan fingerprint density at radius 2 is 1.96 bits per heavy atom. The van der Waals surface area contributed by atoms with Crippen LogP contribution in [-0.4, -0.2) is 65.8 Å². The van der Waals surface area contributed by atoms with E-state index in [0.29, 0.717) is 36.1 Å². The molecule has 140 valence electrons. The number of piperidine rings is 2. The molecule has 2 aliphatic rings. The fraction of sp³-hybridized carbons (Fsp3) is 0.833. The van der Waals surface area contributed by atoms with Crippen molar-refractivity contribution in [3.8, 4) is 0 Å². The smallest absolute Gasteiger partial charge is 0.230 e. The number of ether oxygens (including phenoxy) is 1. The average Bonchev–Trinajstić information content (AvgIpc) is 3.08. The van der Waals surface area contributed by atoms with Crippen molar-refractivity contribution in [2.45, 2.75) is 52.0 Å². The number of aryl methyl sites for hydroxylation is 1. The molecule has 25 heavy (non-hydrogen) atoms. The molecule has 0 N–H and O–H groups in total. The Bertz CT molecular complexity index is 566. The van der Waals surface area contributed by atoms with Crippen LogP contribution in [0.25, 0.3) is 0 Å². The first-order valence-electron chi connectivity index (χ1n) is 9.44. The molecule has 0 atom stereocenters. The number of nitrogens with zero attached hydrogens (tertiary/aromatic N) is 4. The average molecular weight is 350 g/mol. The summed E-state index contributed by atoms with van der Waals surface area (Å²) in [5.41, 5.74) is 0.293. The van der Waals surface area contributed by atoms with E-state index in [-0.39, 0.29) is 0 Å². The predicted molar refractivity (Wildman–Crippen MR) is 92.9 cm³/mol. The maximum atomic E-state index is 12.2. The van der Waals surface area contributed by atoms with Crippen molar-refractivity contribution in [2.24, 2.45) is 5.41 Å². The lowest BCUT2D eigenvalue weighted by molar-refractivity contribution is -0.139. The second-order valence-electron chi connectivity index (χ2n) is 7.38. The van der Waals surface area contributed by atoms with Crippen LogP contribution in [0.4, 0.5) is 0 Å². The number of aromatic nitrogens is 2. The minimum Gasteiger partial charge on any atom is -0.424 e. The Balaban J connectivity index is 1.50. The SMILES string of the molecule is CCc1nnc(CN2CCC3(CCC(=O)N(CCCOC)C3)CC2)o1. The maximum Gasteiger partial charge on any atom is 0.230 e. The Kier molecular flexibility index (Phi) is 6.06. The Hall–Kier alpha value is -1.47. The highest BCUT2D eigenvalue weighted by Gasteiger charge is 2.40. The maximum absolute atomic E-state index is 12.2. The number of methoxy groups -OCH3 is 1. The van der Waals surface area contributed by atoms with E-state index in [0.717, 1.165) is 64.8 Å². The van der Waals surface area contributed by atoms with Gasteiger partial charge in [-0.3, -0.25) is 9.69 Å². The molecular formula is C18H30N4O3. The van der Waals surface area contributed by atoms with Crippen LogP contribution in [0.3, 0.4) is 0 Å². The molecule has 0 unspecified atom stereocenters. The van der Waals surface area contributed by atoms with Gasteiger partial charge in [0.15, 0.2) is 0 Å². The van der Waals surface area contributed by atoms with Crippen molar-refractivity contribution in [1.82, 2.24) is 20.0 Å². The van der Waals surface area contributed by atoms with Crippen LogP contribution >= 0.6 is 0 Å². The van der Waals surface area contributed by atoms with Gasteiger partial charge in [-0.05, 0) is 44.2 Å². The van der Waals surface area contributed by atoms with Crippen LogP contribution in [-0.2, 0) is 22.5 Å². The third-order valence-electron chi connectivity index (χ3n) is 5.61. The van der Waals surface area contributed by atoms with E-state index in [9.17, 15) is 4.79 Å². The van der Waals surface area contributed by atoms with Crippen LogP contribution in [0.1, 0.15) is 50.8 Å². The summed E-state index contributed by atoms with van der Waals surface area (Å²) >= 11 is 0. The third kappa shape index (κ3) is 4.58. The number of likely N-dealkylation sites (tertiary alicyclic amines) is 2. The van der Waals surface area contributed by atoms with Crippen LogP contribution in [0, 0.1) is 5.41 Å². The minimum atomic E-state index is 0.293. The standard InChI is InChI=1S/C18H30N4O3/c1-3-15-19-20-16(25-15)13-21-10-7-18(8-11-21)6-5-17(23)22(14-18)9-4-12-24-2/h3-14H2,1-2H3. The summed E-state index contributed by atoms with van der Waals surface area (Å²) in [5.74, 6) is 1.73. The van der Waals surface area contributed by atoms with Gasteiger partial charge >= 0.3 is 0 Å². The van der Waals surface area contributed by atoms with Crippen molar-refractivity contribution in [1.29, 1.82) is 0 Å². The molecule has 1 amide bonds. The number of rotatable bonds is 7. The van der Waals surface area contributed by atoms with E-state index >= 15 is 0 Å². The molecule has 1 aromatic rings. The topological polar surface area (TPSA) is 71.7 Å². The van der Waals surface area contributed by atoms with Crippen LogP contribution < -0.4 is 0 Å². The molecule has 1 spiro atoms. The summed E-state index contributed by atoms with van der Waals surface area (Å²) in [6.45, 7) is 7.26. The van der Waals surface area contributed by atoms with E-state index in [2.05, 4.69) is 20.0 Å². The summed E-state index contributed by atoms with van der Waals surface area (Å²) in [4.78, 5) is 16.6. The van der Waals surface area contributed by atoms with E-state index in [4.69, 9.17) is 9.15 Å². The van der Waals surface area contributed by atoms with Gasteiger partial charge in [-0.2, -0.15) is 0 Å². The number of carbonyl (C=O) groups excluding carboxylic acids is 1. The monoisotopic (exact) mass is 350 g/mol. The molecule has 0 saturated carbocycles. The summed E-state index contributed by atoms with van der Waals surface area (Å²) in [6, 6.07) is 0. The van der Waals surface area contributed by atoms with Gasteiger partial charge < -0.3 is 14.1 Å². The molecule has 1 aromatic heterocycles. The number of hydrogen-bond donors (Lipinski definition) is 0. The highest BCUT2D eigenvalue weighted by molar-refractivity contribution is 5.77. The van der Waals surface area contributed by atoms with Crippen LogP contribution in [0.2, 0.25) is 0 Å². The molecule has 3 rings (SSSR count). The second kappa shape index (κ2) is 8.27. The van der Waals surface area contributed by atoms with E-state index in [1.165, 1.54) is 0 Å². The van der Waals surface area contributed by atoms with Gasteiger partial charge in [-0.25, -0.2) is 0 Å². The Labute approximate surface area is 149 Å². The zero-order chi connectivity index (χ0) is 17.7. The second-order valence-corrected chi connectivity index (χ2v) is 7.38. The first-order chi connectivity index (χ1) is 12.1. The minimum absolute atomic E-state index is 0.293. The summed E-state index contributed by atoms with van der Waals surface area (Å²) < 4.78 is 10.8. The van der Waals surface area contributed by atoms with Gasteiger partial charge in [0.25, 0.3) is 0 Å². The largest absolute Gasteiger partial charge is 0.424 e. The fourth-order valence-corrected chi connectivity index (χ4v) is 3.99. The van der Waals surface area contributed by atoms with E-state index in [1.54, 1.807) is 7.11 Å². The molecule has 2 saturated heterocycles. The molecule has 7 heteroatoms. The zero-order valence-corrected chi connectivity index (χ0v) is 15.5. The lowest BCUT2D eigenvalue weighted by Gasteiger charge is -2.47. The molecule has 0 aliphatic carbocycles. The van der Waals surface area contributed by atoms with Gasteiger partial charge in [0.2, 0.25) is 17.7 Å². The summed E-state index contributed by atoms with van der Waals surface area (Å²) in [5, 5.41) is 8.17. The molecule has 0 aromatic carbocycles.